The van der Waals surface area contributed by atoms with E-state index in [1.54, 1.807) is 13.8 Å². The van der Waals surface area contributed by atoms with Crippen LogP contribution in [-0.4, -0.2) is 40.4 Å². The Balaban J connectivity index is 2.33. The fraction of sp³-hybridized carbons (Fsp3) is 0.700. The molecule has 0 spiro atoms. The Hall–Kier alpha value is -0.930. The van der Waals surface area contributed by atoms with Crippen LogP contribution in [0.2, 0.25) is 0 Å². The summed E-state index contributed by atoms with van der Waals surface area (Å²) in [6, 6.07) is 1.95. The summed E-state index contributed by atoms with van der Waals surface area (Å²) < 4.78 is 10.9. The van der Waals surface area contributed by atoms with Crippen molar-refractivity contribution in [1.82, 2.24) is 0 Å². The monoisotopic (exact) mass is 211 g/mol. The van der Waals surface area contributed by atoms with E-state index in [4.69, 9.17) is 14.7 Å². The molecule has 1 aliphatic heterocycles. The summed E-state index contributed by atoms with van der Waals surface area (Å²) in [6.07, 6.45) is -2.05. The van der Waals surface area contributed by atoms with Gasteiger partial charge >= 0.3 is 0 Å². The number of nitriles is 1. The van der Waals surface area contributed by atoms with Crippen molar-refractivity contribution in [2.45, 2.75) is 44.1 Å². The molecule has 5 heteroatoms. The summed E-state index contributed by atoms with van der Waals surface area (Å²) in [5.74, 6) is -0.837. The van der Waals surface area contributed by atoms with Gasteiger partial charge in [0.05, 0.1) is 11.6 Å². The van der Waals surface area contributed by atoms with Crippen molar-refractivity contribution in [3.63, 3.8) is 0 Å². The van der Waals surface area contributed by atoms with Crippen LogP contribution >= 0.6 is 0 Å². The van der Waals surface area contributed by atoms with E-state index in [0.29, 0.717) is 5.57 Å². The Labute approximate surface area is 87.5 Å². The van der Waals surface area contributed by atoms with Crippen LogP contribution in [0.15, 0.2) is 11.6 Å². The number of rotatable bonds is 0. The maximum atomic E-state index is 9.68. The van der Waals surface area contributed by atoms with Gasteiger partial charge in [0.2, 0.25) is 0 Å². The Morgan fingerprint density at radius 2 is 2.07 bits per heavy atom. The number of aliphatic hydroxyl groups is 2. The van der Waals surface area contributed by atoms with E-state index in [0.717, 1.165) is 0 Å². The first-order valence-corrected chi connectivity index (χ1v) is 4.78. The predicted octanol–water partition coefficient (Wildman–Crippen LogP) is -0.308. The molecule has 1 fully saturated rings. The number of fused-ring (bicyclic) bond motifs is 1. The largest absolute Gasteiger partial charge is 0.387 e. The molecule has 1 aliphatic carbocycles. The fourth-order valence-electron chi connectivity index (χ4n) is 1.95. The van der Waals surface area contributed by atoms with E-state index in [1.165, 1.54) is 6.08 Å². The summed E-state index contributed by atoms with van der Waals surface area (Å²) >= 11 is 0. The summed E-state index contributed by atoms with van der Waals surface area (Å²) in [5, 5.41) is 28.0. The van der Waals surface area contributed by atoms with Crippen molar-refractivity contribution < 1.29 is 19.7 Å². The van der Waals surface area contributed by atoms with Gasteiger partial charge in [-0.3, -0.25) is 0 Å². The van der Waals surface area contributed by atoms with Crippen molar-refractivity contribution in [2.24, 2.45) is 0 Å². The number of aliphatic hydroxyl groups excluding tert-OH is 2. The van der Waals surface area contributed by atoms with E-state index >= 15 is 0 Å². The highest BCUT2D eigenvalue weighted by molar-refractivity contribution is 5.33. The molecule has 2 N–H and O–H groups in total. The minimum Gasteiger partial charge on any atom is -0.387 e. The minimum atomic E-state index is -1.07. The average Bonchev–Trinajstić information content (AvgIpc) is 2.48. The Morgan fingerprint density at radius 3 is 2.67 bits per heavy atom. The third-order valence-electron chi connectivity index (χ3n) is 2.60. The van der Waals surface area contributed by atoms with Crippen molar-refractivity contribution >= 4 is 0 Å². The van der Waals surface area contributed by atoms with Gasteiger partial charge in [-0.2, -0.15) is 5.26 Å². The van der Waals surface area contributed by atoms with E-state index < -0.39 is 30.2 Å². The molecular formula is C10H13NO4. The van der Waals surface area contributed by atoms with Gasteiger partial charge in [-0.25, -0.2) is 0 Å². The molecule has 0 amide bonds. The summed E-state index contributed by atoms with van der Waals surface area (Å²) in [5.41, 5.74) is 0.309. The third kappa shape index (κ3) is 1.66. The number of nitrogens with zero attached hydrogens (tertiary/aromatic N) is 1. The Bertz CT molecular complexity index is 344. The number of hydrogen-bond acceptors (Lipinski definition) is 5. The highest BCUT2D eigenvalue weighted by Crippen LogP contribution is 2.37. The molecule has 0 bridgehead atoms. The zero-order valence-corrected chi connectivity index (χ0v) is 8.54. The van der Waals surface area contributed by atoms with E-state index in [2.05, 4.69) is 0 Å². The van der Waals surface area contributed by atoms with E-state index in [-0.39, 0.29) is 0 Å². The molecule has 0 aromatic carbocycles. The fourth-order valence-corrected chi connectivity index (χ4v) is 1.95. The molecule has 0 radical (unpaired) electrons. The topological polar surface area (TPSA) is 82.7 Å². The van der Waals surface area contributed by atoms with Crippen LogP contribution in [0.3, 0.4) is 0 Å². The van der Waals surface area contributed by atoms with Crippen LogP contribution in [0.4, 0.5) is 0 Å². The van der Waals surface area contributed by atoms with Gasteiger partial charge in [0, 0.05) is 0 Å². The summed E-state index contributed by atoms with van der Waals surface area (Å²) in [7, 11) is 0. The first-order valence-electron chi connectivity index (χ1n) is 4.78. The standard InChI is InChI=1S/C10H13NO4/c1-10(2)14-8-5(4-11)3-6(12)7(13)9(8)15-10/h3,6-9,12-13H,1-2H3/t6-,7-,8-,9+/m1/s1. The van der Waals surface area contributed by atoms with Gasteiger partial charge in [-0.15, -0.1) is 0 Å². The minimum absolute atomic E-state index is 0.309. The molecule has 1 saturated heterocycles. The Morgan fingerprint density at radius 1 is 1.40 bits per heavy atom. The van der Waals surface area contributed by atoms with E-state index in [1.807, 2.05) is 6.07 Å². The lowest BCUT2D eigenvalue weighted by Gasteiger charge is -2.28. The molecule has 15 heavy (non-hydrogen) atoms. The van der Waals surface area contributed by atoms with E-state index in [9.17, 15) is 10.2 Å². The van der Waals surface area contributed by atoms with Crippen LogP contribution in [0.5, 0.6) is 0 Å². The first-order chi connectivity index (χ1) is 6.94. The average molecular weight is 211 g/mol. The lowest BCUT2D eigenvalue weighted by atomic mass is 9.90. The normalized spacial score (nSPS) is 43.0. The molecule has 2 rings (SSSR count). The zero-order chi connectivity index (χ0) is 11.2. The smallest absolute Gasteiger partial charge is 0.164 e. The molecule has 0 aromatic rings. The molecule has 0 saturated carbocycles. The van der Waals surface area contributed by atoms with Crippen LogP contribution in [-0.2, 0) is 9.47 Å². The highest BCUT2D eigenvalue weighted by Gasteiger charge is 2.50. The maximum absolute atomic E-state index is 9.68. The van der Waals surface area contributed by atoms with Crippen molar-refractivity contribution in [3.8, 4) is 6.07 Å². The number of hydrogen-bond donors (Lipinski definition) is 2. The second-order valence-electron chi connectivity index (χ2n) is 4.24. The first kappa shape index (κ1) is 10.6. The van der Waals surface area contributed by atoms with Crippen LogP contribution in [0.1, 0.15) is 13.8 Å². The van der Waals surface area contributed by atoms with Gasteiger partial charge in [0.25, 0.3) is 0 Å². The maximum Gasteiger partial charge on any atom is 0.164 e. The quantitative estimate of drug-likeness (QED) is 0.574. The SMILES string of the molecule is CC1(C)O[C@H]2[C@H](O)[C@H](O)C=C(C#N)[C@H]2O1. The van der Waals surface area contributed by atoms with Gasteiger partial charge in [-0.1, -0.05) is 0 Å². The molecule has 5 nitrogen and oxygen atoms in total. The molecule has 0 aromatic heterocycles. The van der Waals surface area contributed by atoms with Gasteiger partial charge in [0.15, 0.2) is 5.79 Å². The summed E-state index contributed by atoms with van der Waals surface area (Å²) in [4.78, 5) is 0. The molecule has 2 aliphatic rings. The predicted molar refractivity (Wildman–Crippen MR) is 49.5 cm³/mol. The second kappa shape index (κ2) is 3.29. The molecular weight excluding hydrogens is 198 g/mol. The van der Waals surface area contributed by atoms with Crippen LogP contribution in [0, 0.1) is 11.3 Å². The molecule has 1 heterocycles. The molecule has 4 atom stereocenters. The third-order valence-corrected chi connectivity index (χ3v) is 2.60. The van der Waals surface area contributed by atoms with Gasteiger partial charge in [0.1, 0.15) is 24.4 Å². The van der Waals surface area contributed by atoms with Crippen molar-refractivity contribution in [2.75, 3.05) is 0 Å². The summed E-state index contributed by atoms with van der Waals surface area (Å²) in [6.45, 7) is 3.42. The van der Waals surface area contributed by atoms with Gasteiger partial charge < -0.3 is 19.7 Å². The Kier molecular flexibility index (Phi) is 2.32. The lowest BCUT2D eigenvalue weighted by Crippen LogP contribution is -2.46. The molecule has 0 unspecified atom stereocenters. The molecule has 82 valence electrons. The van der Waals surface area contributed by atoms with Crippen molar-refractivity contribution in [3.05, 3.63) is 11.6 Å². The van der Waals surface area contributed by atoms with Crippen LogP contribution < -0.4 is 0 Å². The van der Waals surface area contributed by atoms with Crippen molar-refractivity contribution in [1.29, 1.82) is 5.26 Å². The highest BCUT2D eigenvalue weighted by atomic mass is 16.8. The van der Waals surface area contributed by atoms with Crippen LogP contribution in [0.25, 0.3) is 0 Å². The number of ether oxygens (including phenoxy) is 2. The second-order valence-corrected chi connectivity index (χ2v) is 4.24. The lowest BCUT2D eigenvalue weighted by molar-refractivity contribution is -0.158. The zero-order valence-electron chi connectivity index (χ0n) is 8.54. The van der Waals surface area contributed by atoms with Gasteiger partial charge in [-0.05, 0) is 19.9 Å².